The second-order valence-electron chi connectivity index (χ2n) is 4.39. The number of hydrogen-bond donors (Lipinski definition) is 1. The van der Waals surface area contributed by atoms with Crippen LogP contribution in [0, 0.1) is 25.2 Å². The Kier molecular flexibility index (Phi) is 3.76. The summed E-state index contributed by atoms with van der Waals surface area (Å²) in [4.78, 5) is 8.37. The van der Waals surface area contributed by atoms with E-state index in [4.69, 9.17) is 5.26 Å². The van der Waals surface area contributed by atoms with Gasteiger partial charge in [-0.1, -0.05) is 25.1 Å². The third-order valence-electron chi connectivity index (χ3n) is 2.95. The molecule has 0 bridgehead atoms. The summed E-state index contributed by atoms with van der Waals surface area (Å²) < 4.78 is 0. The number of aromatic nitrogens is 2. The van der Waals surface area contributed by atoms with Crippen LogP contribution in [0.4, 0.5) is 11.5 Å². The largest absolute Gasteiger partial charge is 0.340 e. The van der Waals surface area contributed by atoms with Gasteiger partial charge in [-0.3, -0.25) is 0 Å². The first kappa shape index (κ1) is 13.0. The molecule has 0 atom stereocenters. The van der Waals surface area contributed by atoms with Crippen LogP contribution >= 0.6 is 0 Å². The van der Waals surface area contributed by atoms with Crippen molar-refractivity contribution in [3.8, 4) is 6.07 Å². The summed E-state index contributed by atoms with van der Waals surface area (Å²) in [5.74, 6) is 1.25. The highest BCUT2D eigenvalue weighted by Crippen LogP contribution is 2.24. The SMILES string of the molecule is CCc1cccc(C)c1Nc1cc(C#N)nc(C)n1. The average Bonchev–Trinajstić information content (AvgIpc) is 2.40. The Morgan fingerprint density at radius 1 is 1.26 bits per heavy atom. The Balaban J connectivity index is 2.42. The monoisotopic (exact) mass is 252 g/mol. The van der Waals surface area contributed by atoms with Crippen LogP contribution in [0.1, 0.15) is 29.6 Å². The standard InChI is InChI=1S/C15H16N4/c1-4-12-7-5-6-10(2)15(12)19-14-8-13(9-16)17-11(3)18-14/h5-8H,4H2,1-3H3,(H,17,18,19). The fourth-order valence-electron chi connectivity index (χ4n) is 2.02. The maximum Gasteiger partial charge on any atom is 0.146 e. The molecule has 2 aromatic rings. The fourth-order valence-corrected chi connectivity index (χ4v) is 2.02. The van der Waals surface area contributed by atoms with Gasteiger partial charge in [-0.25, -0.2) is 9.97 Å². The van der Waals surface area contributed by atoms with Gasteiger partial charge in [0.2, 0.25) is 0 Å². The van der Waals surface area contributed by atoms with Gasteiger partial charge >= 0.3 is 0 Å². The second kappa shape index (κ2) is 5.49. The lowest BCUT2D eigenvalue weighted by atomic mass is 10.1. The molecule has 1 aromatic heterocycles. The highest BCUT2D eigenvalue weighted by molar-refractivity contribution is 5.65. The molecule has 0 aliphatic carbocycles. The molecule has 0 fully saturated rings. The zero-order valence-electron chi connectivity index (χ0n) is 11.4. The van der Waals surface area contributed by atoms with Crippen molar-refractivity contribution in [3.63, 3.8) is 0 Å². The van der Waals surface area contributed by atoms with Gasteiger partial charge in [-0.05, 0) is 31.4 Å². The molecule has 1 heterocycles. The van der Waals surface area contributed by atoms with Gasteiger partial charge in [0.05, 0.1) is 0 Å². The van der Waals surface area contributed by atoms with E-state index < -0.39 is 0 Å². The number of nitrogens with one attached hydrogen (secondary N) is 1. The average molecular weight is 252 g/mol. The molecule has 0 amide bonds. The summed E-state index contributed by atoms with van der Waals surface area (Å²) in [6.07, 6.45) is 0.944. The minimum absolute atomic E-state index is 0.377. The van der Waals surface area contributed by atoms with Crippen LogP contribution in [0.15, 0.2) is 24.3 Å². The minimum Gasteiger partial charge on any atom is -0.340 e. The number of para-hydroxylation sites is 1. The van der Waals surface area contributed by atoms with Gasteiger partial charge in [-0.15, -0.1) is 0 Å². The van der Waals surface area contributed by atoms with Gasteiger partial charge in [0.25, 0.3) is 0 Å². The molecule has 4 heteroatoms. The molecule has 0 spiro atoms. The Hall–Kier alpha value is -2.41. The molecule has 96 valence electrons. The Morgan fingerprint density at radius 3 is 2.74 bits per heavy atom. The smallest absolute Gasteiger partial charge is 0.146 e. The van der Waals surface area contributed by atoms with Gasteiger partial charge < -0.3 is 5.32 Å². The van der Waals surface area contributed by atoms with E-state index in [1.165, 1.54) is 5.56 Å². The first-order valence-corrected chi connectivity index (χ1v) is 6.25. The summed E-state index contributed by atoms with van der Waals surface area (Å²) in [5, 5.41) is 12.2. The number of anilines is 2. The van der Waals surface area contributed by atoms with E-state index in [0.29, 0.717) is 17.3 Å². The van der Waals surface area contributed by atoms with Crippen molar-refractivity contribution >= 4 is 11.5 Å². The topological polar surface area (TPSA) is 61.6 Å². The summed E-state index contributed by atoms with van der Waals surface area (Å²) in [6, 6.07) is 9.91. The van der Waals surface area contributed by atoms with Crippen LogP contribution in [-0.4, -0.2) is 9.97 Å². The lowest BCUT2D eigenvalue weighted by Crippen LogP contribution is -2.02. The molecular weight excluding hydrogens is 236 g/mol. The van der Waals surface area contributed by atoms with E-state index in [1.807, 2.05) is 12.1 Å². The van der Waals surface area contributed by atoms with E-state index in [-0.39, 0.29) is 0 Å². The Bertz CT molecular complexity index is 641. The highest BCUT2D eigenvalue weighted by Gasteiger charge is 2.07. The Morgan fingerprint density at radius 2 is 2.05 bits per heavy atom. The van der Waals surface area contributed by atoms with E-state index in [1.54, 1.807) is 13.0 Å². The number of nitrogens with zero attached hydrogens (tertiary/aromatic N) is 3. The van der Waals surface area contributed by atoms with E-state index in [0.717, 1.165) is 17.7 Å². The lowest BCUT2D eigenvalue weighted by molar-refractivity contribution is 1.04. The maximum atomic E-state index is 8.94. The predicted octanol–water partition coefficient (Wildman–Crippen LogP) is 3.27. The molecule has 0 saturated heterocycles. The molecule has 19 heavy (non-hydrogen) atoms. The van der Waals surface area contributed by atoms with E-state index >= 15 is 0 Å². The van der Waals surface area contributed by atoms with Gasteiger partial charge in [0, 0.05) is 11.8 Å². The van der Waals surface area contributed by atoms with Gasteiger partial charge in [-0.2, -0.15) is 5.26 Å². The summed E-state index contributed by atoms with van der Waals surface area (Å²) >= 11 is 0. The molecular formula is C15H16N4. The number of aryl methyl sites for hydroxylation is 3. The van der Waals surface area contributed by atoms with Crippen LogP contribution in [-0.2, 0) is 6.42 Å². The number of hydrogen-bond acceptors (Lipinski definition) is 4. The molecule has 0 aliphatic heterocycles. The molecule has 4 nitrogen and oxygen atoms in total. The maximum absolute atomic E-state index is 8.94. The lowest BCUT2D eigenvalue weighted by Gasteiger charge is -2.13. The van der Waals surface area contributed by atoms with Crippen molar-refractivity contribution in [1.82, 2.24) is 9.97 Å². The first-order valence-electron chi connectivity index (χ1n) is 6.25. The van der Waals surface area contributed by atoms with Crippen molar-refractivity contribution in [3.05, 3.63) is 46.9 Å². The third kappa shape index (κ3) is 2.89. The molecule has 0 radical (unpaired) electrons. The third-order valence-corrected chi connectivity index (χ3v) is 2.95. The summed E-state index contributed by atoms with van der Waals surface area (Å²) in [5.41, 5.74) is 3.83. The van der Waals surface area contributed by atoms with Gasteiger partial charge in [0.15, 0.2) is 0 Å². The quantitative estimate of drug-likeness (QED) is 0.910. The normalized spacial score (nSPS) is 10.0. The molecule has 0 unspecified atom stereocenters. The fraction of sp³-hybridized carbons (Fsp3) is 0.267. The van der Waals surface area contributed by atoms with Crippen LogP contribution in [0.5, 0.6) is 0 Å². The second-order valence-corrected chi connectivity index (χ2v) is 4.39. The predicted molar refractivity (Wildman–Crippen MR) is 75.3 cm³/mol. The minimum atomic E-state index is 0.377. The summed E-state index contributed by atoms with van der Waals surface area (Å²) in [7, 11) is 0. The Labute approximate surface area is 113 Å². The molecule has 0 saturated carbocycles. The molecule has 2 rings (SSSR count). The van der Waals surface area contributed by atoms with Crippen LogP contribution in [0.3, 0.4) is 0 Å². The van der Waals surface area contributed by atoms with Crippen molar-refractivity contribution in [1.29, 1.82) is 5.26 Å². The zero-order chi connectivity index (χ0) is 13.8. The molecule has 1 aromatic carbocycles. The van der Waals surface area contributed by atoms with Crippen molar-refractivity contribution < 1.29 is 0 Å². The number of nitriles is 1. The first-order chi connectivity index (χ1) is 9.13. The van der Waals surface area contributed by atoms with Crippen LogP contribution < -0.4 is 5.32 Å². The number of rotatable bonds is 3. The van der Waals surface area contributed by atoms with Crippen molar-refractivity contribution in [2.45, 2.75) is 27.2 Å². The van der Waals surface area contributed by atoms with Crippen LogP contribution in [0.2, 0.25) is 0 Å². The van der Waals surface area contributed by atoms with E-state index in [2.05, 4.69) is 41.3 Å². The molecule has 0 aliphatic rings. The molecule has 1 N–H and O–H groups in total. The zero-order valence-corrected chi connectivity index (χ0v) is 11.4. The van der Waals surface area contributed by atoms with Crippen molar-refractivity contribution in [2.24, 2.45) is 0 Å². The highest BCUT2D eigenvalue weighted by atomic mass is 15.0. The van der Waals surface area contributed by atoms with E-state index in [9.17, 15) is 0 Å². The van der Waals surface area contributed by atoms with Crippen LogP contribution in [0.25, 0.3) is 0 Å². The number of benzene rings is 1. The van der Waals surface area contributed by atoms with Gasteiger partial charge in [0.1, 0.15) is 23.4 Å². The summed E-state index contributed by atoms with van der Waals surface area (Å²) in [6.45, 7) is 5.96. The van der Waals surface area contributed by atoms with Crippen molar-refractivity contribution in [2.75, 3.05) is 5.32 Å².